The number of hydrogen-bond donors (Lipinski definition) is 2. The Morgan fingerprint density at radius 1 is 0.562 bits per heavy atom. The minimum absolute atomic E-state index is 0.132. The van der Waals surface area contributed by atoms with E-state index in [0.717, 1.165) is 0 Å². The topological polar surface area (TPSA) is 163 Å². The average molecular weight is 456 g/mol. The van der Waals surface area contributed by atoms with Gasteiger partial charge in [-0.3, -0.25) is 9.59 Å². The number of ether oxygens (including phenoxy) is 4. The van der Waals surface area contributed by atoms with E-state index >= 15 is 0 Å². The van der Waals surface area contributed by atoms with Crippen LogP contribution in [0.25, 0.3) is 0 Å². The predicted octanol–water partition coefficient (Wildman–Crippen LogP) is -0.676. The van der Waals surface area contributed by atoms with Crippen LogP contribution in [0.5, 0.6) is 0 Å². The zero-order chi connectivity index (χ0) is 24.5. The SMILES string of the molecule is C=C(C)C(=O)OCCOC(=O)C(=O)NCCCCNC(=O)C(=O)OCCOC(=O)C(=C)C. The minimum Gasteiger partial charge on any atom is -0.459 e. The molecule has 0 aliphatic carbocycles. The van der Waals surface area contributed by atoms with E-state index in [2.05, 4.69) is 33.3 Å². The van der Waals surface area contributed by atoms with Crippen LogP contribution in [0.15, 0.2) is 24.3 Å². The van der Waals surface area contributed by atoms with Gasteiger partial charge in [-0.2, -0.15) is 0 Å². The summed E-state index contributed by atoms with van der Waals surface area (Å²) in [4.78, 5) is 68.2. The van der Waals surface area contributed by atoms with E-state index in [1.54, 1.807) is 0 Å². The summed E-state index contributed by atoms with van der Waals surface area (Å²) in [5, 5.41) is 4.65. The minimum atomic E-state index is -1.12. The van der Waals surface area contributed by atoms with Crippen LogP contribution in [-0.2, 0) is 47.7 Å². The van der Waals surface area contributed by atoms with Crippen LogP contribution in [0.4, 0.5) is 0 Å². The quantitative estimate of drug-likeness (QED) is 0.119. The van der Waals surface area contributed by atoms with Gasteiger partial charge in [0.05, 0.1) is 0 Å². The summed E-state index contributed by atoms with van der Waals surface area (Å²) in [5.41, 5.74) is 0.396. The molecule has 12 nitrogen and oxygen atoms in total. The molecule has 0 aromatic carbocycles. The molecule has 32 heavy (non-hydrogen) atoms. The summed E-state index contributed by atoms with van der Waals surface area (Å²) >= 11 is 0. The van der Waals surface area contributed by atoms with E-state index in [0.29, 0.717) is 12.8 Å². The number of hydrogen-bond acceptors (Lipinski definition) is 10. The number of carbonyl (C=O) groups excluding carboxylic acids is 6. The normalized spacial score (nSPS) is 9.69. The van der Waals surface area contributed by atoms with Gasteiger partial charge in [-0.05, 0) is 26.7 Å². The van der Waals surface area contributed by atoms with Gasteiger partial charge in [0.2, 0.25) is 0 Å². The zero-order valence-electron chi connectivity index (χ0n) is 18.2. The molecular formula is C20H28N2O10. The van der Waals surface area contributed by atoms with Gasteiger partial charge in [0.1, 0.15) is 26.4 Å². The molecule has 0 heterocycles. The van der Waals surface area contributed by atoms with Crippen molar-refractivity contribution in [2.45, 2.75) is 26.7 Å². The lowest BCUT2D eigenvalue weighted by Gasteiger charge is -2.08. The highest BCUT2D eigenvalue weighted by Crippen LogP contribution is 1.93. The summed E-state index contributed by atoms with van der Waals surface area (Å²) in [5.74, 6) is -5.43. The first-order chi connectivity index (χ1) is 15.1. The maximum Gasteiger partial charge on any atom is 0.396 e. The Kier molecular flexibility index (Phi) is 14.2. The first-order valence-electron chi connectivity index (χ1n) is 9.61. The Morgan fingerprint density at radius 2 is 0.844 bits per heavy atom. The molecule has 0 spiro atoms. The highest BCUT2D eigenvalue weighted by molar-refractivity contribution is 6.32. The van der Waals surface area contributed by atoms with Crippen LogP contribution in [-0.4, -0.2) is 75.2 Å². The molecule has 0 bridgehead atoms. The molecule has 178 valence electrons. The van der Waals surface area contributed by atoms with Crippen molar-refractivity contribution < 1.29 is 47.7 Å². The highest BCUT2D eigenvalue weighted by Gasteiger charge is 2.16. The van der Waals surface area contributed by atoms with Gasteiger partial charge < -0.3 is 29.6 Å². The summed E-state index contributed by atoms with van der Waals surface area (Å²) in [6, 6.07) is 0. The first kappa shape index (κ1) is 28.3. The second-order valence-corrected chi connectivity index (χ2v) is 6.32. The van der Waals surface area contributed by atoms with Crippen molar-refractivity contribution in [3.8, 4) is 0 Å². The maximum absolute atomic E-state index is 11.5. The van der Waals surface area contributed by atoms with E-state index in [1.165, 1.54) is 13.8 Å². The van der Waals surface area contributed by atoms with E-state index in [-0.39, 0.29) is 50.7 Å². The maximum atomic E-state index is 11.5. The molecule has 0 aliphatic rings. The number of carbonyl (C=O) groups is 6. The van der Waals surface area contributed by atoms with Crippen molar-refractivity contribution in [2.75, 3.05) is 39.5 Å². The van der Waals surface area contributed by atoms with Gasteiger partial charge in [0.15, 0.2) is 0 Å². The third kappa shape index (κ3) is 13.5. The fraction of sp³-hybridized carbons (Fsp3) is 0.500. The molecule has 0 rings (SSSR count). The molecule has 0 saturated carbocycles. The Hall–Kier alpha value is -3.70. The number of amides is 2. The van der Waals surface area contributed by atoms with Crippen LogP contribution in [0, 0.1) is 0 Å². The van der Waals surface area contributed by atoms with Crippen LogP contribution in [0.1, 0.15) is 26.7 Å². The third-order valence-electron chi connectivity index (χ3n) is 3.34. The molecule has 0 radical (unpaired) electrons. The van der Waals surface area contributed by atoms with Gasteiger partial charge in [-0.1, -0.05) is 13.2 Å². The first-order valence-corrected chi connectivity index (χ1v) is 9.61. The predicted molar refractivity (Wildman–Crippen MR) is 109 cm³/mol. The Balaban J connectivity index is 3.77. The molecule has 0 fully saturated rings. The van der Waals surface area contributed by atoms with E-state index in [4.69, 9.17) is 9.47 Å². The lowest BCUT2D eigenvalue weighted by atomic mass is 10.3. The van der Waals surface area contributed by atoms with Gasteiger partial charge in [0, 0.05) is 24.2 Å². The van der Waals surface area contributed by atoms with Gasteiger partial charge in [0.25, 0.3) is 0 Å². The van der Waals surface area contributed by atoms with Crippen molar-refractivity contribution in [1.82, 2.24) is 10.6 Å². The standard InChI is InChI=1S/C20H28N2O10/c1-13(2)17(25)29-9-11-31-19(27)15(23)21-7-5-6-8-22-16(24)20(28)32-12-10-30-18(26)14(3)4/h1,3,5-12H2,2,4H3,(H,21,23)(H,22,24). The molecule has 2 N–H and O–H groups in total. The van der Waals surface area contributed by atoms with Crippen molar-refractivity contribution in [3.63, 3.8) is 0 Å². The summed E-state index contributed by atoms with van der Waals surface area (Å²) in [7, 11) is 0. The van der Waals surface area contributed by atoms with Crippen LogP contribution in [0.2, 0.25) is 0 Å². The molecule has 2 amide bonds. The van der Waals surface area contributed by atoms with Crippen LogP contribution < -0.4 is 10.6 Å². The number of esters is 4. The Morgan fingerprint density at radius 3 is 1.12 bits per heavy atom. The summed E-state index contributed by atoms with van der Waals surface area (Å²) in [6.07, 6.45) is 0.808. The average Bonchev–Trinajstić information content (AvgIpc) is 2.75. The smallest absolute Gasteiger partial charge is 0.396 e. The highest BCUT2D eigenvalue weighted by atomic mass is 16.6. The molecule has 0 aliphatic heterocycles. The molecular weight excluding hydrogens is 428 g/mol. The van der Waals surface area contributed by atoms with Crippen LogP contribution in [0.3, 0.4) is 0 Å². The second-order valence-electron chi connectivity index (χ2n) is 6.32. The largest absolute Gasteiger partial charge is 0.459 e. The molecule has 0 aromatic heterocycles. The Labute approximate surface area is 185 Å². The summed E-state index contributed by atoms with van der Waals surface area (Å²) < 4.78 is 18.7. The fourth-order valence-corrected chi connectivity index (χ4v) is 1.71. The van der Waals surface area contributed by atoms with E-state index in [1.807, 2.05) is 0 Å². The second kappa shape index (κ2) is 16.1. The monoisotopic (exact) mass is 456 g/mol. The van der Waals surface area contributed by atoms with Crippen molar-refractivity contribution in [3.05, 3.63) is 24.3 Å². The third-order valence-corrected chi connectivity index (χ3v) is 3.34. The lowest BCUT2D eigenvalue weighted by molar-refractivity contribution is -0.157. The van der Waals surface area contributed by atoms with E-state index in [9.17, 15) is 28.8 Å². The summed E-state index contributed by atoms with van der Waals surface area (Å²) in [6.45, 7) is 9.01. The number of unbranched alkanes of at least 4 members (excludes halogenated alkanes) is 1. The number of rotatable bonds is 13. The van der Waals surface area contributed by atoms with E-state index < -0.39 is 35.7 Å². The lowest BCUT2D eigenvalue weighted by Crippen LogP contribution is -2.35. The van der Waals surface area contributed by atoms with Crippen molar-refractivity contribution in [1.29, 1.82) is 0 Å². The number of nitrogens with one attached hydrogen (secondary N) is 2. The molecule has 12 heteroatoms. The Bertz CT molecular complexity index is 683. The van der Waals surface area contributed by atoms with Crippen molar-refractivity contribution >= 4 is 35.7 Å². The van der Waals surface area contributed by atoms with Gasteiger partial charge >= 0.3 is 35.7 Å². The van der Waals surface area contributed by atoms with Crippen LogP contribution >= 0.6 is 0 Å². The molecule has 0 aromatic rings. The molecule has 0 atom stereocenters. The van der Waals surface area contributed by atoms with Gasteiger partial charge in [-0.15, -0.1) is 0 Å². The fourth-order valence-electron chi connectivity index (χ4n) is 1.71. The van der Waals surface area contributed by atoms with Gasteiger partial charge in [-0.25, -0.2) is 19.2 Å². The van der Waals surface area contributed by atoms with Crippen molar-refractivity contribution in [2.24, 2.45) is 0 Å². The zero-order valence-corrected chi connectivity index (χ0v) is 18.2. The molecule has 0 saturated heterocycles. The molecule has 0 unspecified atom stereocenters.